The molecule has 4 nitrogen and oxygen atoms in total. The van der Waals surface area contributed by atoms with E-state index in [0.29, 0.717) is 11.5 Å². The average Bonchev–Trinajstić information content (AvgIpc) is 2.83. The van der Waals surface area contributed by atoms with Gasteiger partial charge in [0.1, 0.15) is 5.82 Å². The molecule has 0 unspecified atom stereocenters. The smallest absolute Gasteiger partial charge is 0.184 e. The Balaban J connectivity index is 2.19. The normalized spacial score (nSPS) is 11.1. The van der Waals surface area contributed by atoms with Crippen molar-refractivity contribution in [3.8, 4) is 11.4 Å². The van der Waals surface area contributed by atoms with Crippen LogP contribution >= 0.6 is 11.8 Å². The van der Waals surface area contributed by atoms with Gasteiger partial charge in [0, 0.05) is 22.7 Å². The van der Waals surface area contributed by atoms with Gasteiger partial charge < -0.3 is 5.73 Å². The number of nitrogens with two attached hydrogens (primary N) is 1. The highest BCUT2D eigenvalue weighted by Crippen LogP contribution is 2.24. The van der Waals surface area contributed by atoms with Crippen molar-refractivity contribution in [1.29, 1.82) is 0 Å². The molecule has 96 valence electrons. The van der Waals surface area contributed by atoms with Gasteiger partial charge in [-0.3, -0.25) is 4.40 Å². The SMILES string of the molecule is CSc1ccc(-c2nnc3c(N)cc(F)cn23)cc1. The molecule has 3 rings (SSSR count). The Morgan fingerprint density at radius 3 is 2.63 bits per heavy atom. The molecule has 6 heteroatoms. The number of aromatic nitrogens is 3. The van der Waals surface area contributed by atoms with Crippen molar-refractivity contribution in [2.45, 2.75) is 4.90 Å². The highest BCUT2D eigenvalue weighted by Gasteiger charge is 2.11. The number of thioether (sulfide) groups is 1. The molecule has 0 aliphatic carbocycles. The third kappa shape index (κ3) is 2.04. The Kier molecular flexibility index (Phi) is 2.87. The van der Waals surface area contributed by atoms with Crippen LogP contribution in [0.1, 0.15) is 0 Å². The lowest BCUT2D eigenvalue weighted by Crippen LogP contribution is -1.96. The number of nitrogen functional groups attached to an aromatic ring is 1. The molecular formula is C13H11FN4S. The summed E-state index contributed by atoms with van der Waals surface area (Å²) in [6.07, 6.45) is 3.35. The van der Waals surface area contributed by atoms with Gasteiger partial charge in [-0.15, -0.1) is 22.0 Å². The van der Waals surface area contributed by atoms with E-state index >= 15 is 0 Å². The van der Waals surface area contributed by atoms with Crippen LogP contribution in [0, 0.1) is 5.82 Å². The molecule has 2 N–H and O–H groups in total. The van der Waals surface area contributed by atoms with Crippen LogP contribution in [0.3, 0.4) is 0 Å². The van der Waals surface area contributed by atoms with Crippen LogP contribution in [0.5, 0.6) is 0 Å². The van der Waals surface area contributed by atoms with E-state index in [2.05, 4.69) is 10.2 Å². The van der Waals surface area contributed by atoms with Crippen molar-refractivity contribution >= 4 is 23.1 Å². The summed E-state index contributed by atoms with van der Waals surface area (Å²) in [5, 5.41) is 8.08. The van der Waals surface area contributed by atoms with Crippen LogP contribution in [0.25, 0.3) is 17.0 Å². The van der Waals surface area contributed by atoms with E-state index < -0.39 is 5.82 Å². The van der Waals surface area contributed by atoms with E-state index in [9.17, 15) is 4.39 Å². The maximum atomic E-state index is 13.4. The fourth-order valence-corrected chi connectivity index (χ4v) is 2.33. The maximum Gasteiger partial charge on any atom is 0.184 e. The molecular weight excluding hydrogens is 263 g/mol. The Hall–Kier alpha value is -2.08. The Morgan fingerprint density at radius 1 is 1.21 bits per heavy atom. The van der Waals surface area contributed by atoms with Crippen molar-refractivity contribution in [2.75, 3.05) is 12.0 Å². The number of pyridine rings is 1. The second-order valence-corrected chi connectivity index (χ2v) is 4.94. The van der Waals surface area contributed by atoms with Crippen molar-refractivity contribution in [3.05, 3.63) is 42.3 Å². The number of hydrogen-bond acceptors (Lipinski definition) is 4. The summed E-state index contributed by atoms with van der Waals surface area (Å²) < 4.78 is 15.0. The standard InChI is InChI=1S/C13H11FN4S/c1-19-10-4-2-8(3-5-10)12-16-17-13-11(15)6-9(14)7-18(12)13/h2-7H,15H2,1H3. The van der Waals surface area contributed by atoms with E-state index in [-0.39, 0.29) is 5.69 Å². The van der Waals surface area contributed by atoms with Gasteiger partial charge in [0.2, 0.25) is 0 Å². The monoisotopic (exact) mass is 274 g/mol. The molecule has 0 atom stereocenters. The van der Waals surface area contributed by atoms with E-state index in [0.717, 1.165) is 10.5 Å². The first-order chi connectivity index (χ1) is 9.19. The largest absolute Gasteiger partial charge is 0.396 e. The predicted molar refractivity (Wildman–Crippen MR) is 74.6 cm³/mol. The van der Waals surface area contributed by atoms with Crippen LogP contribution in [-0.2, 0) is 0 Å². The van der Waals surface area contributed by atoms with Crippen molar-refractivity contribution in [3.63, 3.8) is 0 Å². The van der Waals surface area contributed by atoms with Gasteiger partial charge in [-0.05, 0) is 18.4 Å². The summed E-state index contributed by atoms with van der Waals surface area (Å²) in [7, 11) is 0. The summed E-state index contributed by atoms with van der Waals surface area (Å²) in [5.41, 5.74) is 7.34. The molecule has 0 amide bonds. The topological polar surface area (TPSA) is 56.2 Å². The third-order valence-corrected chi connectivity index (χ3v) is 3.59. The fourth-order valence-electron chi connectivity index (χ4n) is 1.92. The number of halogens is 1. The first-order valence-corrected chi connectivity index (χ1v) is 6.85. The van der Waals surface area contributed by atoms with Gasteiger partial charge in [-0.25, -0.2) is 4.39 Å². The minimum atomic E-state index is -0.410. The highest BCUT2D eigenvalue weighted by atomic mass is 32.2. The van der Waals surface area contributed by atoms with E-state index in [1.807, 2.05) is 30.5 Å². The summed E-state index contributed by atoms with van der Waals surface area (Å²) in [6.45, 7) is 0. The molecule has 0 aliphatic rings. The molecule has 1 aromatic carbocycles. The zero-order valence-electron chi connectivity index (χ0n) is 10.2. The lowest BCUT2D eigenvalue weighted by molar-refractivity contribution is 0.620. The molecule has 0 bridgehead atoms. The molecule has 0 saturated heterocycles. The number of hydrogen-bond donors (Lipinski definition) is 1. The number of nitrogens with zero attached hydrogens (tertiary/aromatic N) is 3. The van der Waals surface area contributed by atoms with Gasteiger partial charge in [0.05, 0.1) is 5.69 Å². The molecule has 2 aromatic heterocycles. The second kappa shape index (κ2) is 4.55. The van der Waals surface area contributed by atoms with Crippen molar-refractivity contribution < 1.29 is 4.39 Å². The minimum Gasteiger partial charge on any atom is -0.396 e. The Bertz CT molecular complexity index is 736. The minimum absolute atomic E-state index is 0.277. The molecule has 0 saturated carbocycles. The Morgan fingerprint density at radius 2 is 1.95 bits per heavy atom. The average molecular weight is 274 g/mol. The summed E-state index contributed by atoms with van der Waals surface area (Å²) in [6, 6.07) is 9.09. The number of rotatable bonds is 2. The van der Waals surface area contributed by atoms with Crippen LogP contribution < -0.4 is 5.73 Å². The first kappa shape index (κ1) is 12.0. The lowest BCUT2D eigenvalue weighted by Gasteiger charge is -2.03. The molecule has 2 heterocycles. The van der Waals surface area contributed by atoms with Crippen LogP contribution in [-0.4, -0.2) is 20.9 Å². The highest BCUT2D eigenvalue weighted by molar-refractivity contribution is 7.98. The van der Waals surface area contributed by atoms with Crippen LogP contribution in [0.2, 0.25) is 0 Å². The zero-order chi connectivity index (χ0) is 13.4. The quantitative estimate of drug-likeness (QED) is 0.730. The van der Waals surface area contributed by atoms with Gasteiger partial charge in [0.15, 0.2) is 11.5 Å². The number of benzene rings is 1. The molecule has 0 spiro atoms. The van der Waals surface area contributed by atoms with Gasteiger partial charge in [-0.1, -0.05) is 12.1 Å². The molecule has 0 fully saturated rings. The maximum absolute atomic E-state index is 13.4. The summed E-state index contributed by atoms with van der Waals surface area (Å²) >= 11 is 1.66. The zero-order valence-corrected chi connectivity index (χ0v) is 11.0. The second-order valence-electron chi connectivity index (χ2n) is 4.06. The van der Waals surface area contributed by atoms with Gasteiger partial charge in [-0.2, -0.15) is 0 Å². The number of fused-ring (bicyclic) bond motifs is 1. The number of anilines is 1. The Labute approximate surface area is 113 Å². The molecule has 3 aromatic rings. The van der Waals surface area contributed by atoms with E-state index in [1.54, 1.807) is 16.2 Å². The van der Waals surface area contributed by atoms with Gasteiger partial charge >= 0.3 is 0 Å². The fraction of sp³-hybridized carbons (Fsp3) is 0.0769. The summed E-state index contributed by atoms with van der Waals surface area (Å²) in [5.74, 6) is 0.167. The van der Waals surface area contributed by atoms with Crippen LogP contribution in [0.4, 0.5) is 10.1 Å². The van der Waals surface area contributed by atoms with Crippen LogP contribution in [0.15, 0.2) is 41.4 Å². The summed E-state index contributed by atoms with van der Waals surface area (Å²) in [4.78, 5) is 1.16. The molecule has 19 heavy (non-hydrogen) atoms. The van der Waals surface area contributed by atoms with Crippen molar-refractivity contribution in [1.82, 2.24) is 14.6 Å². The van der Waals surface area contributed by atoms with Crippen molar-refractivity contribution in [2.24, 2.45) is 0 Å². The first-order valence-electron chi connectivity index (χ1n) is 5.63. The van der Waals surface area contributed by atoms with E-state index in [1.165, 1.54) is 12.3 Å². The lowest BCUT2D eigenvalue weighted by atomic mass is 10.2. The third-order valence-electron chi connectivity index (χ3n) is 2.85. The predicted octanol–water partition coefficient (Wildman–Crippen LogP) is 2.84. The van der Waals surface area contributed by atoms with E-state index in [4.69, 9.17) is 5.73 Å². The molecule has 0 aliphatic heterocycles. The molecule has 0 radical (unpaired) electrons. The van der Waals surface area contributed by atoms with Gasteiger partial charge in [0.25, 0.3) is 0 Å².